The van der Waals surface area contributed by atoms with Crippen LogP contribution in [0.2, 0.25) is 0 Å². The van der Waals surface area contributed by atoms with Gasteiger partial charge in [0.2, 0.25) is 0 Å². The number of hydrogen-bond acceptors (Lipinski definition) is 6. The smallest absolute Gasteiger partial charge is 0.180 e. The minimum absolute atomic E-state index is 0.736. The lowest BCUT2D eigenvalue weighted by Crippen LogP contribution is -2.29. The normalized spacial score (nSPS) is 17.1. The van der Waals surface area contributed by atoms with Gasteiger partial charge >= 0.3 is 0 Å². The molecule has 2 saturated heterocycles. The van der Waals surface area contributed by atoms with Crippen molar-refractivity contribution in [1.29, 1.82) is 0 Å². The molecule has 2 fully saturated rings. The van der Waals surface area contributed by atoms with Gasteiger partial charge in [0.25, 0.3) is 0 Å². The Labute approximate surface area is 216 Å². The Morgan fingerprint density at radius 1 is 0.838 bits per heavy atom. The average Bonchev–Trinajstić information content (AvgIpc) is 3.58. The van der Waals surface area contributed by atoms with E-state index in [2.05, 4.69) is 65.3 Å². The van der Waals surface area contributed by atoms with Gasteiger partial charge < -0.3 is 9.88 Å². The minimum atomic E-state index is 0.736. The highest BCUT2D eigenvalue weighted by Gasteiger charge is 2.19. The van der Waals surface area contributed by atoms with Crippen molar-refractivity contribution in [1.82, 2.24) is 35.0 Å². The summed E-state index contributed by atoms with van der Waals surface area (Å²) in [7, 11) is 0. The van der Waals surface area contributed by atoms with Crippen molar-refractivity contribution in [2.24, 2.45) is 0 Å². The minimum Gasteiger partial charge on any atom is -0.370 e. The number of aromatic amines is 2. The molecule has 2 aliphatic heterocycles. The third-order valence-electron chi connectivity index (χ3n) is 7.84. The molecule has 8 nitrogen and oxygen atoms in total. The zero-order chi connectivity index (χ0) is 24.6. The highest BCUT2D eigenvalue weighted by Crippen LogP contribution is 2.33. The molecule has 0 atom stereocenters. The van der Waals surface area contributed by atoms with Crippen LogP contribution in [0.15, 0.2) is 48.9 Å². The first-order valence-corrected chi connectivity index (χ1v) is 13.6. The maximum absolute atomic E-state index is 4.85. The molecule has 0 radical (unpaired) electrons. The lowest BCUT2D eigenvalue weighted by Gasteiger charge is -2.28. The molecule has 2 N–H and O–H groups in total. The highest BCUT2D eigenvalue weighted by molar-refractivity contribution is 5.96. The Balaban J connectivity index is 1.23. The molecule has 5 aromatic rings. The maximum atomic E-state index is 4.85. The number of nitrogens with zero attached hydrogens (tertiary/aromatic N) is 6. The highest BCUT2D eigenvalue weighted by atomic mass is 15.2. The van der Waals surface area contributed by atoms with Crippen LogP contribution in [0.25, 0.3) is 44.7 Å². The number of aromatic nitrogens is 6. The number of fused-ring (bicyclic) bond motifs is 2. The van der Waals surface area contributed by atoms with Gasteiger partial charge in [-0.3, -0.25) is 15.0 Å². The number of benzene rings is 1. The molecule has 0 spiro atoms. The van der Waals surface area contributed by atoms with E-state index in [9.17, 15) is 0 Å². The van der Waals surface area contributed by atoms with Crippen LogP contribution in [0.4, 0.5) is 5.69 Å². The fraction of sp³-hybridized carbons (Fsp3) is 0.379. The average molecular weight is 493 g/mol. The second kappa shape index (κ2) is 9.59. The van der Waals surface area contributed by atoms with Crippen molar-refractivity contribution in [3.8, 4) is 22.6 Å². The van der Waals surface area contributed by atoms with Gasteiger partial charge in [0.15, 0.2) is 11.5 Å². The standard InChI is InChI=1S/C29H32N8/c1-3-11-36(12-4-1)19-20-15-22(18-30-17-20)21-7-8-24-23(16-21)26(35-34-24)29-32-27-25(9-10-31-28(27)33-29)37-13-5-2-6-14-37/h7-10,15-18H,1-6,11-14,19H2,(H,34,35)(H,31,32,33). The summed E-state index contributed by atoms with van der Waals surface area (Å²) in [6, 6.07) is 10.8. The second-order valence-electron chi connectivity index (χ2n) is 10.4. The van der Waals surface area contributed by atoms with Crippen molar-refractivity contribution in [2.75, 3.05) is 31.1 Å². The molecule has 7 rings (SSSR count). The van der Waals surface area contributed by atoms with Crippen LogP contribution in [-0.4, -0.2) is 61.2 Å². The molecule has 37 heavy (non-hydrogen) atoms. The molecule has 0 saturated carbocycles. The van der Waals surface area contributed by atoms with E-state index < -0.39 is 0 Å². The zero-order valence-corrected chi connectivity index (χ0v) is 21.1. The van der Waals surface area contributed by atoms with Crippen molar-refractivity contribution in [3.05, 3.63) is 54.5 Å². The van der Waals surface area contributed by atoms with E-state index in [0.29, 0.717) is 0 Å². The first-order chi connectivity index (χ1) is 18.3. The molecule has 2 aliphatic rings. The van der Waals surface area contributed by atoms with Crippen LogP contribution < -0.4 is 4.90 Å². The van der Waals surface area contributed by atoms with Crippen LogP contribution in [0.5, 0.6) is 0 Å². The van der Waals surface area contributed by atoms with Crippen LogP contribution in [0.3, 0.4) is 0 Å². The SMILES string of the molecule is c1cc(N2CCCCC2)c2[nH]c(-c3n[nH]c4ccc(-c5cncc(CN6CCCCC6)c5)cc34)nc2n1. The van der Waals surface area contributed by atoms with Crippen LogP contribution in [0.1, 0.15) is 44.1 Å². The van der Waals surface area contributed by atoms with Crippen LogP contribution >= 0.6 is 0 Å². The summed E-state index contributed by atoms with van der Waals surface area (Å²) in [5.41, 5.74) is 8.23. The number of H-pyrrole nitrogens is 2. The third-order valence-corrected chi connectivity index (χ3v) is 7.84. The molecule has 4 aromatic heterocycles. The van der Waals surface area contributed by atoms with Gasteiger partial charge in [0.05, 0.1) is 11.2 Å². The monoisotopic (exact) mass is 492 g/mol. The van der Waals surface area contributed by atoms with E-state index in [1.807, 2.05) is 18.6 Å². The summed E-state index contributed by atoms with van der Waals surface area (Å²) in [6.07, 6.45) is 13.5. The van der Waals surface area contributed by atoms with Gasteiger partial charge in [-0.15, -0.1) is 0 Å². The Kier molecular flexibility index (Phi) is 5.81. The number of anilines is 1. The lowest BCUT2D eigenvalue weighted by atomic mass is 10.0. The number of nitrogens with one attached hydrogen (secondary N) is 2. The fourth-order valence-corrected chi connectivity index (χ4v) is 5.89. The molecular weight excluding hydrogens is 460 g/mol. The predicted molar refractivity (Wildman–Crippen MR) is 147 cm³/mol. The molecule has 6 heterocycles. The summed E-state index contributed by atoms with van der Waals surface area (Å²) < 4.78 is 0. The fourth-order valence-electron chi connectivity index (χ4n) is 5.89. The Morgan fingerprint density at radius 3 is 2.54 bits per heavy atom. The maximum Gasteiger partial charge on any atom is 0.180 e. The summed E-state index contributed by atoms with van der Waals surface area (Å²) in [6.45, 7) is 5.48. The Hall–Kier alpha value is -3.78. The lowest BCUT2D eigenvalue weighted by molar-refractivity contribution is 0.220. The first kappa shape index (κ1) is 22.4. The van der Waals surface area contributed by atoms with Crippen molar-refractivity contribution >= 4 is 27.8 Å². The van der Waals surface area contributed by atoms with E-state index >= 15 is 0 Å². The number of hydrogen-bond donors (Lipinski definition) is 2. The molecule has 8 heteroatoms. The Bertz CT molecular complexity index is 1540. The van der Waals surface area contributed by atoms with Gasteiger partial charge in [-0.05, 0) is 80.6 Å². The van der Waals surface area contributed by atoms with Gasteiger partial charge in [-0.25, -0.2) is 9.97 Å². The molecular formula is C29H32N8. The van der Waals surface area contributed by atoms with Crippen molar-refractivity contribution in [2.45, 2.75) is 45.1 Å². The summed E-state index contributed by atoms with van der Waals surface area (Å²) in [5, 5.41) is 8.88. The number of rotatable bonds is 5. The predicted octanol–water partition coefficient (Wildman–Crippen LogP) is 5.54. The quantitative estimate of drug-likeness (QED) is 0.335. The number of likely N-dealkylation sites (tertiary alicyclic amines) is 1. The van der Waals surface area contributed by atoms with Crippen molar-refractivity contribution in [3.63, 3.8) is 0 Å². The number of piperidine rings is 2. The molecule has 0 bridgehead atoms. The van der Waals surface area contributed by atoms with E-state index in [1.165, 1.54) is 62.9 Å². The summed E-state index contributed by atoms with van der Waals surface area (Å²) >= 11 is 0. The molecule has 188 valence electrons. The zero-order valence-electron chi connectivity index (χ0n) is 21.1. The number of imidazole rings is 1. The topological polar surface area (TPSA) is 89.6 Å². The third kappa shape index (κ3) is 4.35. The van der Waals surface area contributed by atoms with Gasteiger partial charge in [0.1, 0.15) is 11.2 Å². The molecule has 0 aliphatic carbocycles. The van der Waals surface area contributed by atoms with Crippen LogP contribution in [0, 0.1) is 0 Å². The molecule has 1 aromatic carbocycles. The molecule has 0 amide bonds. The largest absolute Gasteiger partial charge is 0.370 e. The first-order valence-electron chi connectivity index (χ1n) is 13.6. The van der Waals surface area contributed by atoms with E-state index in [1.54, 1.807) is 0 Å². The van der Waals surface area contributed by atoms with Gasteiger partial charge in [0, 0.05) is 49.2 Å². The van der Waals surface area contributed by atoms with E-state index in [4.69, 9.17) is 4.98 Å². The van der Waals surface area contributed by atoms with E-state index in [0.717, 1.165) is 64.3 Å². The van der Waals surface area contributed by atoms with Gasteiger partial charge in [-0.2, -0.15) is 5.10 Å². The van der Waals surface area contributed by atoms with Crippen molar-refractivity contribution < 1.29 is 0 Å². The van der Waals surface area contributed by atoms with E-state index in [-0.39, 0.29) is 0 Å². The van der Waals surface area contributed by atoms with Gasteiger partial charge in [-0.1, -0.05) is 12.5 Å². The summed E-state index contributed by atoms with van der Waals surface area (Å²) in [4.78, 5) is 22.5. The molecule has 0 unspecified atom stereocenters. The summed E-state index contributed by atoms with van der Waals surface area (Å²) in [5.74, 6) is 0.743. The second-order valence-corrected chi connectivity index (χ2v) is 10.4. The Morgan fingerprint density at radius 2 is 1.68 bits per heavy atom. The number of pyridine rings is 2. The van der Waals surface area contributed by atoms with Crippen LogP contribution in [-0.2, 0) is 6.54 Å².